The van der Waals surface area contributed by atoms with Gasteiger partial charge in [0.2, 0.25) is 0 Å². The second kappa shape index (κ2) is 54.6. The third-order valence-electron chi connectivity index (χ3n) is 12.9. The van der Waals surface area contributed by atoms with Gasteiger partial charge in [-0.05, 0) is 103 Å². The molecule has 0 rings (SSSR count). The lowest BCUT2D eigenvalue weighted by molar-refractivity contribution is -0.167. The van der Waals surface area contributed by atoms with Gasteiger partial charge in [0.05, 0.1) is 12.2 Å². The van der Waals surface area contributed by atoms with Gasteiger partial charge in [0.15, 0.2) is 6.10 Å². The molecule has 8 heteroatoms. The molecule has 2 N–H and O–H groups in total. The van der Waals surface area contributed by atoms with Crippen molar-refractivity contribution in [3.05, 3.63) is 48.6 Å². The van der Waals surface area contributed by atoms with Crippen molar-refractivity contribution in [2.24, 2.45) is 0 Å². The van der Waals surface area contributed by atoms with Gasteiger partial charge < -0.3 is 24.4 Å². The third-order valence-corrected chi connectivity index (χ3v) is 12.9. The Morgan fingerprint density at radius 2 is 0.667 bits per heavy atom. The summed E-state index contributed by atoms with van der Waals surface area (Å²) < 4.78 is 16.8. The van der Waals surface area contributed by atoms with E-state index in [4.69, 9.17) is 14.2 Å². The SMILES string of the molecule is CCCCCC=CCC=CCCCCCCCC(=O)OC(COC(=O)CCCCCCCCCC=CCC(O)CCCCCC)COC(=O)CCCCCCCCCC=CCC(O)CCCCCC. The van der Waals surface area contributed by atoms with Crippen molar-refractivity contribution < 1.29 is 38.8 Å². The lowest BCUT2D eigenvalue weighted by Crippen LogP contribution is -2.30. The Bertz CT molecular complexity index is 1180. The molecule has 0 aromatic heterocycles. The van der Waals surface area contributed by atoms with Crippen LogP contribution in [-0.2, 0) is 28.6 Å². The van der Waals surface area contributed by atoms with Crippen molar-refractivity contribution in [2.75, 3.05) is 13.2 Å². The molecule has 402 valence electrons. The fourth-order valence-electron chi connectivity index (χ4n) is 8.38. The first-order chi connectivity index (χ1) is 33.8. The van der Waals surface area contributed by atoms with Gasteiger partial charge in [0.25, 0.3) is 0 Å². The molecular formula is C61H110O8. The number of unbranched alkanes of at least 4 members (excludes halogenated alkanes) is 28. The van der Waals surface area contributed by atoms with Crippen molar-refractivity contribution in [1.29, 1.82) is 0 Å². The lowest BCUT2D eigenvalue weighted by Gasteiger charge is -2.18. The highest BCUT2D eigenvalue weighted by molar-refractivity contribution is 5.71. The Morgan fingerprint density at radius 3 is 1.06 bits per heavy atom. The Kier molecular flexibility index (Phi) is 52.5. The van der Waals surface area contributed by atoms with Crippen molar-refractivity contribution in [2.45, 2.75) is 309 Å². The molecular weight excluding hydrogens is 861 g/mol. The number of carbonyl (C=O) groups is 3. The van der Waals surface area contributed by atoms with E-state index in [-0.39, 0.29) is 43.3 Å². The van der Waals surface area contributed by atoms with Gasteiger partial charge in [-0.1, -0.05) is 217 Å². The van der Waals surface area contributed by atoms with Gasteiger partial charge in [0.1, 0.15) is 13.2 Å². The van der Waals surface area contributed by atoms with Crippen LogP contribution in [0.1, 0.15) is 290 Å². The molecule has 0 aliphatic rings. The fourth-order valence-corrected chi connectivity index (χ4v) is 8.38. The Hall–Kier alpha value is -2.71. The third kappa shape index (κ3) is 52.9. The number of hydrogen-bond acceptors (Lipinski definition) is 8. The molecule has 0 fully saturated rings. The predicted octanol–water partition coefficient (Wildman–Crippen LogP) is 17.4. The molecule has 0 amide bonds. The summed E-state index contributed by atoms with van der Waals surface area (Å²) >= 11 is 0. The second-order valence-corrected chi connectivity index (χ2v) is 19.9. The molecule has 2 atom stereocenters. The van der Waals surface area contributed by atoms with E-state index >= 15 is 0 Å². The maximum absolute atomic E-state index is 12.8. The summed E-state index contributed by atoms with van der Waals surface area (Å²) in [6.45, 7) is 6.43. The molecule has 69 heavy (non-hydrogen) atoms. The average molecular weight is 972 g/mol. The quantitative estimate of drug-likeness (QED) is 0.0268. The van der Waals surface area contributed by atoms with Crippen LogP contribution in [0.5, 0.6) is 0 Å². The van der Waals surface area contributed by atoms with E-state index in [0.29, 0.717) is 19.3 Å². The molecule has 8 nitrogen and oxygen atoms in total. The lowest BCUT2D eigenvalue weighted by atomic mass is 10.1. The Labute approximate surface area is 425 Å². The van der Waals surface area contributed by atoms with E-state index in [0.717, 1.165) is 148 Å². The van der Waals surface area contributed by atoms with Gasteiger partial charge in [-0.15, -0.1) is 0 Å². The smallest absolute Gasteiger partial charge is 0.306 e. The maximum atomic E-state index is 12.8. The van der Waals surface area contributed by atoms with E-state index in [1.807, 2.05) is 0 Å². The summed E-state index contributed by atoms with van der Waals surface area (Å²) in [6.07, 6.45) is 59.8. The average Bonchev–Trinajstić information content (AvgIpc) is 3.34. The first kappa shape index (κ1) is 66.3. The molecule has 0 bridgehead atoms. The highest BCUT2D eigenvalue weighted by Gasteiger charge is 2.19. The zero-order chi connectivity index (χ0) is 50.4. The molecule has 0 aromatic carbocycles. The van der Waals surface area contributed by atoms with Crippen LogP contribution >= 0.6 is 0 Å². The van der Waals surface area contributed by atoms with Gasteiger partial charge in [0, 0.05) is 19.3 Å². The predicted molar refractivity (Wildman–Crippen MR) is 291 cm³/mol. The monoisotopic (exact) mass is 971 g/mol. The minimum absolute atomic E-state index is 0.108. The number of allylic oxidation sites excluding steroid dienone is 6. The van der Waals surface area contributed by atoms with Crippen LogP contribution in [0.25, 0.3) is 0 Å². The minimum Gasteiger partial charge on any atom is -0.462 e. The zero-order valence-corrected chi connectivity index (χ0v) is 45.3. The van der Waals surface area contributed by atoms with Crippen LogP contribution < -0.4 is 0 Å². The largest absolute Gasteiger partial charge is 0.462 e. The molecule has 0 aliphatic carbocycles. The van der Waals surface area contributed by atoms with Gasteiger partial charge in [-0.3, -0.25) is 14.4 Å². The normalized spacial score (nSPS) is 13.3. The molecule has 0 spiro atoms. The number of aliphatic hydroxyl groups is 2. The molecule has 0 saturated carbocycles. The summed E-state index contributed by atoms with van der Waals surface area (Å²) in [6, 6.07) is 0. The fraction of sp³-hybridized carbons (Fsp3) is 0.820. The van der Waals surface area contributed by atoms with Gasteiger partial charge in [-0.2, -0.15) is 0 Å². The number of rotatable bonds is 53. The first-order valence-corrected chi connectivity index (χ1v) is 29.3. The molecule has 0 aliphatic heterocycles. The van der Waals surface area contributed by atoms with Crippen molar-refractivity contribution >= 4 is 17.9 Å². The molecule has 0 aromatic rings. The number of aliphatic hydroxyl groups excluding tert-OH is 2. The van der Waals surface area contributed by atoms with Crippen molar-refractivity contribution in [1.82, 2.24) is 0 Å². The highest BCUT2D eigenvalue weighted by Crippen LogP contribution is 2.16. The van der Waals surface area contributed by atoms with Crippen LogP contribution in [-0.4, -0.2) is 59.6 Å². The summed E-state index contributed by atoms with van der Waals surface area (Å²) in [5, 5.41) is 20.2. The van der Waals surface area contributed by atoms with E-state index in [1.54, 1.807) is 0 Å². The standard InChI is InChI=1S/C61H110O8/c1-4-7-10-13-14-15-16-17-18-19-20-29-34-39-46-53-61(66)69-58(54-67-59(64)51-44-37-32-27-23-21-25-30-35-42-49-56(62)47-40-11-8-5-2)55-68-60(65)52-45-38-33-28-24-22-26-31-36-43-50-57(63)48-41-12-9-6-3/h14-15,17-18,35-36,42-43,56-58,62-63H,4-13,16,19-34,37-41,44-55H2,1-3H3. The molecule has 0 heterocycles. The van der Waals surface area contributed by atoms with E-state index in [1.165, 1.54) is 103 Å². The topological polar surface area (TPSA) is 119 Å². The molecule has 0 saturated heterocycles. The highest BCUT2D eigenvalue weighted by atomic mass is 16.6. The Balaban J connectivity index is 4.44. The number of ether oxygens (including phenoxy) is 3. The number of hydrogen-bond donors (Lipinski definition) is 2. The molecule has 0 radical (unpaired) electrons. The van der Waals surface area contributed by atoms with Crippen LogP contribution in [0.2, 0.25) is 0 Å². The van der Waals surface area contributed by atoms with Crippen LogP contribution in [0.15, 0.2) is 48.6 Å². The first-order valence-electron chi connectivity index (χ1n) is 29.3. The van der Waals surface area contributed by atoms with Crippen LogP contribution in [0.3, 0.4) is 0 Å². The van der Waals surface area contributed by atoms with Crippen LogP contribution in [0.4, 0.5) is 0 Å². The summed E-state index contributed by atoms with van der Waals surface area (Å²) in [5.74, 6) is -0.966. The minimum atomic E-state index is -0.811. The van der Waals surface area contributed by atoms with Crippen molar-refractivity contribution in [3.8, 4) is 0 Å². The Morgan fingerprint density at radius 1 is 0.362 bits per heavy atom. The molecule has 2 unspecified atom stereocenters. The van der Waals surface area contributed by atoms with Gasteiger partial charge >= 0.3 is 17.9 Å². The van der Waals surface area contributed by atoms with E-state index in [9.17, 15) is 24.6 Å². The number of esters is 3. The zero-order valence-electron chi connectivity index (χ0n) is 45.3. The van der Waals surface area contributed by atoms with Crippen molar-refractivity contribution in [3.63, 3.8) is 0 Å². The van der Waals surface area contributed by atoms with E-state index in [2.05, 4.69) is 69.4 Å². The van der Waals surface area contributed by atoms with Crippen LogP contribution in [0, 0.1) is 0 Å². The second-order valence-electron chi connectivity index (χ2n) is 19.9. The summed E-state index contributed by atoms with van der Waals surface area (Å²) in [5.41, 5.74) is 0. The summed E-state index contributed by atoms with van der Waals surface area (Å²) in [4.78, 5) is 38.2. The van der Waals surface area contributed by atoms with E-state index < -0.39 is 6.10 Å². The maximum Gasteiger partial charge on any atom is 0.306 e. The van der Waals surface area contributed by atoms with Gasteiger partial charge in [-0.25, -0.2) is 0 Å². The number of carbonyl (C=O) groups excluding carboxylic acids is 3. The summed E-state index contributed by atoms with van der Waals surface area (Å²) in [7, 11) is 0.